The van der Waals surface area contributed by atoms with Crippen LogP contribution in [-0.4, -0.2) is 32.7 Å². The molecular formula is C19H24FN3. The van der Waals surface area contributed by atoms with Crippen molar-refractivity contribution in [1.29, 1.82) is 0 Å². The zero-order valence-corrected chi connectivity index (χ0v) is 13.6. The molecule has 1 aliphatic heterocycles. The van der Waals surface area contributed by atoms with Crippen LogP contribution in [0.15, 0.2) is 48.5 Å². The highest BCUT2D eigenvalue weighted by atomic mass is 19.1. The molecule has 0 radical (unpaired) electrons. The van der Waals surface area contributed by atoms with E-state index >= 15 is 0 Å². The van der Waals surface area contributed by atoms with Crippen molar-refractivity contribution in [3.63, 3.8) is 0 Å². The molecule has 1 fully saturated rings. The Balaban J connectivity index is 1.67. The summed E-state index contributed by atoms with van der Waals surface area (Å²) in [4.78, 5) is 4.51. The Morgan fingerprint density at radius 1 is 0.957 bits per heavy atom. The lowest BCUT2D eigenvalue weighted by Gasteiger charge is -2.37. The van der Waals surface area contributed by atoms with Crippen molar-refractivity contribution in [2.24, 2.45) is 0 Å². The van der Waals surface area contributed by atoms with Crippen molar-refractivity contribution in [2.75, 3.05) is 42.5 Å². The zero-order valence-electron chi connectivity index (χ0n) is 13.6. The molecule has 1 aliphatic rings. The third-order valence-corrected chi connectivity index (χ3v) is 4.33. The summed E-state index contributed by atoms with van der Waals surface area (Å²) < 4.78 is 14.2. The van der Waals surface area contributed by atoms with E-state index in [4.69, 9.17) is 0 Å². The fraction of sp³-hybridized carbons (Fsp3) is 0.368. The molecule has 0 bridgehead atoms. The molecule has 4 heteroatoms. The molecule has 0 aromatic heterocycles. The van der Waals surface area contributed by atoms with Crippen molar-refractivity contribution >= 4 is 11.4 Å². The fourth-order valence-corrected chi connectivity index (χ4v) is 3.02. The quantitative estimate of drug-likeness (QED) is 0.914. The summed E-state index contributed by atoms with van der Waals surface area (Å²) in [5.41, 5.74) is 3.11. The number of hydrogen-bond donors (Lipinski definition) is 1. The lowest BCUT2D eigenvalue weighted by molar-refractivity contribution is 0.596. The summed E-state index contributed by atoms with van der Waals surface area (Å²) in [7, 11) is 0. The molecule has 122 valence electrons. The van der Waals surface area contributed by atoms with E-state index in [0.29, 0.717) is 0 Å². The predicted molar refractivity (Wildman–Crippen MR) is 94.6 cm³/mol. The second-order valence-electron chi connectivity index (χ2n) is 5.88. The lowest BCUT2D eigenvalue weighted by atomic mass is 10.1. The number of piperazine rings is 1. The van der Waals surface area contributed by atoms with Crippen LogP contribution in [-0.2, 0) is 6.54 Å². The van der Waals surface area contributed by atoms with Crippen LogP contribution in [0.1, 0.15) is 12.5 Å². The maximum absolute atomic E-state index is 14.2. The first-order valence-corrected chi connectivity index (χ1v) is 8.32. The van der Waals surface area contributed by atoms with Gasteiger partial charge in [-0.3, -0.25) is 0 Å². The zero-order chi connectivity index (χ0) is 16.1. The van der Waals surface area contributed by atoms with Gasteiger partial charge in [-0.05, 0) is 36.4 Å². The molecule has 1 saturated heterocycles. The van der Waals surface area contributed by atoms with Gasteiger partial charge in [0.2, 0.25) is 0 Å². The van der Waals surface area contributed by atoms with Gasteiger partial charge in [0, 0.05) is 38.4 Å². The van der Waals surface area contributed by atoms with Crippen LogP contribution < -0.4 is 15.1 Å². The smallest absolute Gasteiger partial charge is 0.146 e. The Hall–Kier alpha value is -2.07. The number of anilines is 2. The van der Waals surface area contributed by atoms with Gasteiger partial charge in [0.15, 0.2) is 0 Å². The minimum absolute atomic E-state index is 0.126. The van der Waals surface area contributed by atoms with E-state index in [0.717, 1.165) is 50.5 Å². The number of benzene rings is 2. The van der Waals surface area contributed by atoms with Gasteiger partial charge < -0.3 is 15.1 Å². The molecule has 1 N–H and O–H groups in total. The van der Waals surface area contributed by atoms with Crippen LogP contribution in [0, 0.1) is 5.82 Å². The third kappa shape index (κ3) is 3.82. The van der Waals surface area contributed by atoms with E-state index in [1.54, 1.807) is 6.07 Å². The third-order valence-electron chi connectivity index (χ3n) is 4.33. The van der Waals surface area contributed by atoms with Gasteiger partial charge in [0.25, 0.3) is 0 Å². The Morgan fingerprint density at radius 2 is 1.65 bits per heavy atom. The van der Waals surface area contributed by atoms with Gasteiger partial charge in [0.1, 0.15) is 5.82 Å². The van der Waals surface area contributed by atoms with Gasteiger partial charge in [-0.25, -0.2) is 4.39 Å². The first kappa shape index (κ1) is 15.8. The number of rotatable bonds is 5. The minimum atomic E-state index is -0.126. The molecular weight excluding hydrogens is 289 g/mol. The Bertz CT molecular complexity index is 622. The standard InChI is InChI=1S/C19H24FN3/c1-2-21-15-16-8-9-18(20)19(14-16)23-12-10-22(11-13-23)17-6-4-3-5-7-17/h3-9,14,21H,2,10-13,15H2,1H3. The van der Waals surface area contributed by atoms with E-state index < -0.39 is 0 Å². The molecule has 0 amide bonds. The number of hydrogen-bond acceptors (Lipinski definition) is 3. The second-order valence-corrected chi connectivity index (χ2v) is 5.88. The van der Waals surface area contributed by atoms with Gasteiger partial charge in [-0.2, -0.15) is 0 Å². The summed E-state index contributed by atoms with van der Waals surface area (Å²) in [6.07, 6.45) is 0. The van der Waals surface area contributed by atoms with Crippen molar-refractivity contribution in [1.82, 2.24) is 5.32 Å². The van der Waals surface area contributed by atoms with E-state index in [-0.39, 0.29) is 5.82 Å². The monoisotopic (exact) mass is 313 g/mol. The molecule has 0 aliphatic carbocycles. The summed E-state index contributed by atoms with van der Waals surface area (Å²) in [6.45, 7) is 7.30. The van der Waals surface area contributed by atoms with E-state index in [1.165, 1.54) is 5.69 Å². The molecule has 0 spiro atoms. The van der Waals surface area contributed by atoms with E-state index in [9.17, 15) is 4.39 Å². The van der Waals surface area contributed by atoms with Crippen LogP contribution in [0.2, 0.25) is 0 Å². The number of nitrogens with one attached hydrogen (secondary N) is 1. The van der Waals surface area contributed by atoms with Crippen LogP contribution in [0.25, 0.3) is 0 Å². The lowest BCUT2D eigenvalue weighted by Crippen LogP contribution is -2.46. The highest BCUT2D eigenvalue weighted by molar-refractivity contribution is 5.53. The van der Waals surface area contributed by atoms with Crippen molar-refractivity contribution in [2.45, 2.75) is 13.5 Å². The van der Waals surface area contributed by atoms with Crippen molar-refractivity contribution < 1.29 is 4.39 Å². The largest absolute Gasteiger partial charge is 0.368 e. The molecule has 0 atom stereocenters. The number of para-hydroxylation sites is 1. The molecule has 0 saturated carbocycles. The van der Waals surface area contributed by atoms with Crippen molar-refractivity contribution in [3.8, 4) is 0 Å². The normalized spacial score (nSPS) is 15.0. The first-order chi connectivity index (χ1) is 11.3. The van der Waals surface area contributed by atoms with Crippen LogP contribution in [0.5, 0.6) is 0 Å². The molecule has 1 heterocycles. The van der Waals surface area contributed by atoms with Gasteiger partial charge in [0.05, 0.1) is 5.69 Å². The molecule has 2 aromatic rings. The molecule has 2 aromatic carbocycles. The average Bonchev–Trinajstić information content (AvgIpc) is 2.62. The summed E-state index contributed by atoms with van der Waals surface area (Å²) in [5, 5.41) is 3.29. The Labute approximate surface area is 137 Å². The number of halogens is 1. The first-order valence-electron chi connectivity index (χ1n) is 8.32. The van der Waals surface area contributed by atoms with Gasteiger partial charge >= 0.3 is 0 Å². The van der Waals surface area contributed by atoms with Gasteiger partial charge in [-0.15, -0.1) is 0 Å². The average molecular weight is 313 g/mol. The second kappa shape index (κ2) is 7.47. The van der Waals surface area contributed by atoms with Crippen LogP contribution >= 0.6 is 0 Å². The summed E-state index contributed by atoms with van der Waals surface area (Å²) >= 11 is 0. The Morgan fingerprint density at radius 3 is 2.35 bits per heavy atom. The SMILES string of the molecule is CCNCc1ccc(F)c(N2CCN(c3ccccc3)CC2)c1. The molecule has 23 heavy (non-hydrogen) atoms. The molecule has 3 rings (SSSR count). The maximum atomic E-state index is 14.2. The Kier molecular flexibility index (Phi) is 5.13. The van der Waals surface area contributed by atoms with Crippen LogP contribution in [0.3, 0.4) is 0 Å². The van der Waals surface area contributed by atoms with Gasteiger partial charge in [-0.1, -0.05) is 31.2 Å². The van der Waals surface area contributed by atoms with Crippen LogP contribution in [0.4, 0.5) is 15.8 Å². The molecule has 3 nitrogen and oxygen atoms in total. The topological polar surface area (TPSA) is 18.5 Å². The molecule has 0 unspecified atom stereocenters. The predicted octanol–water partition coefficient (Wildman–Crippen LogP) is 3.26. The van der Waals surface area contributed by atoms with E-state index in [2.05, 4.69) is 46.3 Å². The summed E-state index contributed by atoms with van der Waals surface area (Å²) in [5.74, 6) is -0.126. The fourth-order valence-electron chi connectivity index (χ4n) is 3.02. The maximum Gasteiger partial charge on any atom is 0.146 e. The van der Waals surface area contributed by atoms with Crippen molar-refractivity contribution in [3.05, 3.63) is 59.9 Å². The van der Waals surface area contributed by atoms with E-state index in [1.807, 2.05) is 18.2 Å². The number of nitrogens with zero attached hydrogens (tertiary/aromatic N) is 2. The summed E-state index contributed by atoms with van der Waals surface area (Å²) in [6, 6.07) is 15.9. The highest BCUT2D eigenvalue weighted by Crippen LogP contribution is 2.24. The minimum Gasteiger partial charge on any atom is -0.368 e. The highest BCUT2D eigenvalue weighted by Gasteiger charge is 2.19.